The van der Waals surface area contributed by atoms with Crippen LogP contribution in [-0.2, 0) is 4.79 Å². The van der Waals surface area contributed by atoms with Gasteiger partial charge in [-0.15, -0.1) is 0 Å². The van der Waals surface area contributed by atoms with E-state index < -0.39 is 5.97 Å². The van der Waals surface area contributed by atoms with Crippen molar-refractivity contribution in [1.82, 2.24) is 0 Å². The summed E-state index contributed by atoms with van der Waals surface area (Å²) in [7, 11) is 0. The van der Waals surface area contributed by atoms with Crippen LogP contribution in [0.4, 0.5) is 0 Å². The molecule has 0 aliphatic carbocycles. The molecular weight excluding hydrogens is 200 g/mol. The first-order valence-electron chi connectivity index (χ1n) is 6.52. The highest BCUT2D eigenvalue weighted by molar-refractivity contribution is 5.70. The van der Waals surface area contributed by atoms with Crippen LogP contribution in [0.3, 0.4) is 0 Å². The average molecular weight is 226 g/mol. The molecule has 0 aliphatic heterocycles. The zero-order valence-electron chi connectivity index (χ0n) is 10.9. The summed E-state index contributed by atoms with van der Waals surface area (Å²) < 4.78 is 0. The van der Waals surface area contributed by atoms with Crippen molar-refractivity contribution in [2.45, 2.75) is 59.3 Å². The maximum atomic E-state index is 10.9. The third-order valence-electron chi connectivity index (χ3n) is 3.06. The lowest BCUT2D eigenvalue weighted by Crippen LogP contribution is -2.19. The molecule has 0 aromatic rings. The average Bonchev–Trinajstić information content (AvgIpc) is 2.23. The van der Waals surface area contributed by atoms with Crippen LogP contribution in [0.2, 0.25) is 0 Å². The SMILES string of the molecule is CCCCCCC=CC(C)C(CC)C(=O)O. The van der Waals surface area contributed by atoms with E-state index in [2.05, 4.69) is 19.1 Å². The Hall–Kier alpha value is -0.790. The molecule has 0 aromatic carbocycles. The van der Waals surface area contributed by atoms with E-state index in [1.54, 1.807) is 0 Å². The fourth-order valence-electron chi connectivity index (χ4n) is 1.91. The van der Waals surface area contributed by atoms with Gasteiger partial charge in [-0.25, -0.2) is 0 Å². The number of carboxylic acid groups (broad SMARTS) is 1. The van der Waals surface area contributed by atoms with Crippen molar-refractivity contribution in [3.8, 4) is 0 Å². The summed E-state index contributed by atoms with van der Waals surface area (Å²) in [5.74, 6) is -0.758. The minimum absolute atomic E-state index is 0.147. The third kappa shape index (κ3) is 6.65. The Morgan fingerprint density at radius 1 is 1.25 bits per heavy atom. The first kappa shape index (κ1) is 15.2. The molecule has 2 atom stereocenters. The molecule has 0 amide bonds. The molecule has 1 N–H and O–H groups in total. The van der Waals surface area contributed by atoms with Gasteiger partial charge in [0.15, 0.2) is 0 Å². The largest absolute Gasteiger partial charge is 0.481 e. The minimum atomic E-state index is -0.675. The molecule has 0 rings (SSSR count). The molecule has 2 nitrogen and oxygen atoms in total. The summed E-state index contributed by atoms with van der Waals surface area (Å²) in [6.45, 7) is 6.13. The summed E-state index contributed by atoms with van der Waals surface area (Å²) in [4.78, 5) is 10.9. The normalized spacial score (nSPS) is 15.2. The van der Waals surface area contributed by atoms with E-state index in [1.165, 1.54) is 25.7 Å². The lowest BCUT2D eigenvalue weighted by atomic mass is 9.91. The van der Waals surface area contributed by atoms with E-state index in [0.717, 1.165) is 6.42 Å². The van der Waals surface area contributed by atoms with Crippen molar-refractivity contribution in [1.29, 1.82) is 0 Å². The van der Waals surface area contributed by atoms with E-state index in [1.807, 2.05) is 13.8 Å². The van der Waals surface area contributed by atoms with Gasteiger partial charge in [0.2, 0.25) is 0 Å². The van der Waals surface area contributed by atoms with Crippen LogP contribution in [0, 0.1) is 11.8 Å². The quantitative estimate of drug-likeness (QED) is 0.471. The molecule has 0 radical (unpaired) electrons. The highest BCUT2D eigenvalue weighted by atomic mass is 16.4. The van der Waals surface area contributed by atoms with Gasteiger partial charge in [0.25, 0.3) is 0 Å². The smallest absolute Gasteiger partial charge is 0.307 e. The zero-order valence-corrected chi connectivity index (χ0v) is 10.9. The maximum absolute atomic E-state index is 10.9. The second kappa shape index (κ2) is 9.44. The molecule has 0 aliphatic rings. The van der Waals surface area contributed by atoms with Crippen LogP contribution in [-0.4, -0.2) is 11.1 Å². The molecule has 94 valence electrons. The van der Waals surface area contributed by atoms with Crippen molar-refractivity contribution in [2.75, 3.05) is 0 Å². The summed E-state index contributed by atoms with van der Waals surface area (Å²) in [6, 6.07) is 0. The van der Waals surface area contributed by atoms with Crippen LogP contribution in [0.25, 0.3) is 0 Å². The molecule has 16 heavy (non-hydrogen) atoms. The number of allylic oxidation sites excluding steroid dienone is 2. The summed E-state index contributed by atoms with van der Waals surface area (Å²) in [5.41, 5.74) is 0. The molecule has 0 bridgehead atoms. The molecule has 0 aromatic heterocycles. The molecule has 0 heterocycles. The van der Waals surface area contributed by atoms with Crippen LogP contribution in [0.15, 0.2) is 12.2 Å². The number of carbonyl (C=O) groups is 1. The molecular formula is C14H26O2. The predicted octanol–water partition coefficient (Wildman–Crippen LogP) is 4.26. The van der Waals surface area contributed by atoms with E-state index in [-0.39, 0.29) is 11.8 Å². The van der Waals surface area contributed by atoms with E-state index in [9.17, 15) is 4.79 Å². The minimum Gasteiger partial charge on any atom is -0.481 e. The number of rotatable bonds is 9. The summed E-state index contributed by atoms with van der Waals surface area (Å²) >= 11 is 0. The Morgan fingerprint density at radius 3 is 2.44 bits per heavy atom. The van der Waals surface area contributed by atoms with Gasteiger partial charge < -0.3 is 5.11 Å². The lowest BCUT2D eigenvalue weighted by Gasteiger charge is -2.14. The Morgan fingerprint density at radius 2 is 1.94 bits per heavy atom. The fraction of sp³-hybridized carbons (Fsp3) is 0.786. The molecule has 0 spiro atoms. The molecule has 0 saturated heterocycles. The van der Waals surface area contributed by atoms with Gasteiger partial charge in [-0.2, -0.15) is 0 Å². The Kier molecular flexibility index (Phi) is 8.97. The van der Waals surface area contributed by atoms with Gasteiger partial charge in [-0.3, -0.25) is 4.79 Å². The Bertz CT molecular complexity index is 209. The first-order chi connectivity index (χ1) is 7.63. The monoisotopic (exact) mass is 226 g/mol. The first-order valence-corrected chi connectivity index (χ1v) is 6.52. The number of carboxylic acids is 1. The van der Waals surface area contributed by atoms with E-state index >= 15 is 0 Å². The predicted molar refractivity (Wildman–Crippen MR) is 68.5 cm³/mol. The van der Waals surface area contributed by atoms with Crippen LogP contribution >= 0.6 is 0 Å². The Balaban J connectivity index is 3.79. The Labute approximate surface area is 99.7 Å². The van der Waals surface area contributed by atoms with Crippen LogP contribution in [0.1, 0.15) is 59.3 Å². The zero-order chi connectivity index (χ0) is 12.4. The van der Waals surface area contributed by atoms with Crippen molar-refractivity contribution in [3.63, 3.8) is 0 Å². The summed E-state index contributed by atoms with van der Waals surface area (Å²) in [5, 5.41) is 8.98. The molecule has 2 heteroatoms. The number of unbranched alkanes of at least 4 members (excludes halogenated alkanes) is 4. The van der Waals surface area contributed by atoms with Gasteiger partial charge in [-0.05, 0) is 25.2 Å². The topological polar surface area (TPSA) is 37.3 Å². The maximum Gasteiger partial charge on any atom is 0.307 e. The van der Waals surface area contributed by atoms with E-state index in [0.29, 0.717) is 6.42 Å². The van der Waals surface area contributed by atoms with Crippen molar-refractivity contribution in [3.05, 3.63) is 12.2 Å². The number of aliphatic carboxylic acids is 1. The van der Waals surface area contributed by atoms with Gasteiger partial charge in [0, 0.05) is 0 Å². The number of hydrogen-bond donors (Lipinski definition) is 1. The molecule has 0 fully saturated rings. The van der Waals surface area contributed by atoms with Crippen molar-refractivity contribution in [2.24, 2.45) is 11.8 Å². The van der Waals surface area contributed by atoms with Gasteiger partial charge in [0.1, 0.15) is 0 Å². The van der Waals surface area contributed by atoms with Crippen molar-refractivity contribution >= 4 is 5.97 Å². The number of hydrogen-bond acceptors (Lipinski definition) is 1. The molecule has 0 saturated carbocycles. The van der Waals surface area contributed by atoms with Gasteiger partial charge >= 0.3 is 5.97 Å². The van der Waals surface area contributed by atoms with Gasteiger partial charge in [0.05, 0.1) is 5.92 Å². The fourth-order valence-corrected chi connectivity index (χ4v) is 1.91. The standard InChI is InChI=1S/C14H26O2/c1-4-6-7-8-9-10-11-12(3)13(5-2)14(15)16/h10-13H,4-9H2,1-3H3,(H,15,16). The van der Waals surface area contributed by atoms with Crippen molar-refractivity contribution < 1.29 is 9.90 Å². The van der Waals surface area contributed by atoms with Crippen LogP contribution in [0.5, 0.6) is 0 Å². The summed E-state index contributed by atoms with van der Waals surface area (Å²) in [6.07, 6.45) is 11.1. The van der Waals surface area contributed by atoms with E-state index in [4.69, 9.17) is 5.11 Å². The highest BCUT2D eigenvalue weighted by Crippen LogP contribution is 2.17. The van der Waals surface area contributed by atoms with Crippen LogP contribution < -0.4 is 0 Å². The molecule has 2 unspecified atom stereocenters. The van der Waals surface area contributed by atoms with Gasteiger partial charge in [-0.1, -0.05) is 52.2 Å². The highest BCUT2D eigenvalue weighted by Gasteiger charge is 2.19. The lowest BCUT2D eigenvalue weighted by molar-refractivity contribution is -0.142. The third-order valence-corrected chi connectivity index (χ3v) is 3.06. The second-order valence-electron chi connectivity index (χ2n) is 4.49. The second-order valence-corrected chi connectivity index (χ2v) is 4.49.